The van der Waals surface area contributed by atoms with Gasteiger partial charge in [-0.05, 0) is 25.1 Å². The van der Waals surface area contributed by atoms with Crippen molar-refractivity contribution >= 4 is 18.3 Å². The first-order valence-electron chi connectivity index (χ1n) is 6.61. The van der Waals surface area contributed by atoms with Gasteiger partial charge < -0.3 is 19.7 Å². The molecule has 0 aliphatic carbocycles. The molecule has 1 amide bonds. The molecule has 2 atom stereocenters. The molecule has 0 spiro atoms. The molecule has 1 fully saturated rings. The van der Waals surface area contributed by atoms with Crippen molar-refractivity contribution in [3.05, 3.63) is 24.3 Å². The van der Waals surface area contributed by atoms with Crippen LogP contribution in [-0.4, -0.2) is 49.7 Å². The zero-order valence-electron chi connectivity index (χ0n) is 11.4. The van der Waals surface area contributed by atoms with Gasteiger partial charge in [0.25, 0.3) is 5.91 Å². The molecule has 6 heteroatoms. The van der Waals surface area contributed by atoms with E-state index in [4.69, 9.17) is 9.47 Å². The molecule has 0 bridgehead atoms. The molecule has 110 valence electrons. The van der Waals surface area contributed by atoms with Crippen LogP contribution in [0.3, 0.4) is 0 Å². The van der Waals surface area contributed by atoms with Crippen LogP contribution in [0.5, 0.6) is 11.5 Å². The number of ether oxygens (including phenoxy) is 2. The van der Waals surface area contributed by atoms with Crippen molar-refractivity contribution < 1.29 is 14.3 Å². The van der Waals surface area contributed by atoms with E-state index in [9.17, 15) is 4.79 Å². The Bertz CT molecular complexity index is 477. The summed E-state index contributed by atoms with van der Waals surface area (Å²) in [5, 5.41) is 3.26. The number of benzene rings is 1. The van der Waals surface area contributed by atoms with Crippen LogP contribution in [0, 0.1) is 0 Å². The van der Waals surface area contributed by atoms with E-state index in [0.717, 1.165) is 19.5 Å². The van der Waals surface area contributed by atoms with Crippen molar-refractivity contribution in [3.63, 3.8) is 0 Å². The number of carbonyl (C=O) groups is 1. The zero-order chi connectivity index (χ0) is 13.2. The van der Waals surface area contributed by atoms with Crippen molar-refractivity contribution in [2.24, 2.45) is 0 Å². The number of hydrogen-bond acceptors (Lipinski definition) is 4. The Labute approximate surface area is 124 Å². The predicted molar refractivity (Wildman–Crippen MR) is 77.6 cm³/mol. The monoisotopic (exact) mass is 298 g/mol. The summed E-state index contributed by atoms with van der Waals surface area (Å²) in [4.78, 5) is 14.2. The Kier molecular flexibility index (Phi) is 4.73. The summed E-state index contributed by atoms with van der Waals surface area (Å²) in [5.74, 6) is 1.34. The molecule has 1 N–H and O–H groups in total. The standard InChI is InChI=1S/C14H18N2O3.ClH/c1-16(10-6-7-15-8-10)14(17)13-9-18-11-4-2-3-5-12(11)19-13;/h2-5,10,13,15H,6-9H2,1H3;1H. The van der Waals surface area contributed by atoms with Crippen LogP contribution >= 0.6 is 12.4 Å². The lowest BCUT2D eigenvalue weighted by Crippen LogP contribution is -2.49. The number of nitrogens with zero attached hydrogens (tertiary/aromatic N) is 1. The Balaban J connectivity index is 0.00000147. The van der Waals surface area contributed by atoms with E-state index < -0.39 is 6.10 Å². The Morgan fingerprint density at radius 1 is 1.35 bits per heavy atom. The number of carbonyl (C=O) groups excluding carboxylic acids is 1. The van der Waals surface area contributed by atoms with E-state index >= 15 is 0 Å². The Hall–Kier alpha value is -1.46. The summed E-state index contributed by atoms with van der Waals surface area (Å²) in [6, 6.07) is 7.70. The predicted octanol–water partition coefficient (Wildman–Crippen LogP) is 1.07. The minimum atomic E-state index is -0.541. The summed E-state index contributed by atoms with van der Waals surface area (Å²) in [7, 11) is 1.84. The summed E-state index contributed by atoms with van der Waals surface area (Å²) in [5.41, 5.74) is 0. The number of likely N-dealkylation sites (N-methyl/N-ethyl adjacent to an activating group) is 1. The molecule has 1 saturated heterocycles. The van der Waals surface area contributed by atoms with Gasteiger partial charge in [0.15, 0.2) is 11.5 Å². The number of para-hydroxylation sites is 2. The summed E-state index contributed by atoms with van der Waals surface area (Å²) < 4.78 is 11.3. The van der Waals surface area contributed by atoms with Gasteiger partial charge in [0, 0.05) is 19.6 Å². The SMILES string of the molecule is CN(C(=O)C1COc2ccccc2O1)C1CCNC1.Cl. The lowest BCUT2D eigenvalue weighted by molar-refractivity contribution is -0.141. The van der Waals surface area contributed by atoms with Crippen LogP contribution in [0.1, 0.15) is 6.42 Å². The summed E-state index contributed by atoms with van der Waals surface area (Å²) in [6.07, 6.45) is 0.451. The largest absolute Gasteiger partial charge is 0.485 e. The normalized spacial score (nSPS) is 23.9. The average Bonchev–Trinajstić information content (AvgIpc) is 2.99. The second kappa shape index (κ2) is 6.33. The smallest absolute Gasteiger partial charge is 0.267 e. The van der Waals surface area contributed by atoms with E-state index in [-0.39, 0.29) is 31.0 Å². The molecular formula is C14H19ClN2O3. The lowest BCUT2D eigenvalue weighted by Gasteiger charge is -2.31. The van der Waals surface area contributed by atoms with E-state index in [0.29, 0.717) is 11.5 Å². The summed E-state index contributed by atoms with van der Waals surface area (Å²) >= 11 is 0. The van der Waals surface area contributed by atoms with Gasteiger partial charge in [-0.1, -0.05) is 12.1 Å². The maximum atomic E-state index is 12.4. The van der Waals surface area contributed by atoms with Crippen LogP contribution in [0.4, 0.5) is 0 Å². The average molecular weight is 299 g/mol. The third-order valence-corrected chi connectivity index (χ3v) is 3.71. The maximum absolute atomic E-state index is 12.4. The topological polar surface area (TPSA) is 50.8 Å². The molecular weight excluding hydrogens is 280 g/mol. The third-order valence-electron chi connectivity index (χ3n) is 3.71. The van der Waals surface area contributed by atoms with E-state index in [1.165, 1.54) is 0 Å². The highest BCUT2D eigenvalue weighted by Crippen LogP contribution is 2.31. The van der Waals surface area contributed by atoms with Crippen molar-refractivity contribution in [1.82, 2.24) is 10.2 Å². The van der Waals surface area contributed by atoms with Crippen molar-refractivity contribution in [1.29, 1.82) is 0 Å². The molecule has 1 aromatic carbocycles. The molecule has 0 radical (unpaired) electrons. The van der Waals surface area contributed by atoms with Gasteiger partial charge in [-0.15, -0.1) is 12.4 Å². The molecule has 2 aliphatic rings. The molecule has 2 heterocycles. The van der Waals surface area contributed by atoms with Gasteiger partial charge in [0.2, 0.25) is 6.10 Å². The molecule has 0 saturated carbocycles. The van der Waals surface area contributed by atoms with Crippen LogP contribution in [0.15, 0.2) is 24.3 Å². The number of rotatable bonds is 2. The molecule has 2 aliphatic heterocycles. The summed E-state index contributed by atoms with van der Waals surface area (Å²) in [6.45, 7) is 2.10. The molecule has 1 aromatic rings. The van der Waals surface area contributed by atoms with Crippen LogP contribution in [0.25, 0.3) is 0 Å². The second-order valence-electron chi connectivity index (χ2n) is 4.96. The number of fused-ring (bicyclic) bond motifs is 1. The van der Waals surface area contributed by atoms with Gasteiger partial charge in [-0.25, -0.2) is 0 Å². The minimum Gasteiger partial charge on any atom is -0.485 e. The highest BCUT2D eigenvalue weighted by Gasteiger charge is 2.33. The molecule has 3 rings (SSSR count). The molecule has 0 aromatic heterocycles. The zero-order valence-corrected chi connectivity index (χ0v) is 12.2. The first-order valence-corrected chi connectivity index (χ1v) is 6.61. The fourth-order valence-electron chi connectivity index (χ4n) is 2.52. The molecule has 5 nitrogen and oxygen atoms in total. The van der Waals surface area contributed by atoms with Gasteiger partial charge in [-0.3, -0.25) is 4.79 Å². The van der Waals surface area contributed by atoms with Crippen molar-refractivity contribution in [2.45, 2.75) is 18.6 Å². The van der Waals surface area contributed by atoms with Crippen molar-refractivity contribution in [2.75, 3.05) is 26.7 Å². The quantitative estimate of drug-likeness (QED) is 0.887. The van der Waals surface area contributed by atoms with Gasteiger partial charge in [-0.2, -0.15) is 0 Å². The van der Waals surface area contributed by atoms with E-state index in [1.54, 1.807) is 4.90 Å². The fourth-order valence-corrected chi connectivity index (χ4v) is 2.52. The van der Waals surface area contributed by atoms with Gasteiger partial charge >= 0.3 is 0 Å². The highest BCUT2D eigenvalue weighted by atomic mass is 35.5. The van der Waals surface area contributed by atoms with Gasteiger partial charge in [0.05, 0.1) is 0 Å². The van der Waals surface area contributed by atoms with Crippen LogP contribution in [-0.2, 0) is 4.79 Å². The minimum absolute atomic E-state index is 0. The lowest BCUT2D eigenvalue weighted by atomic mass is 10.2. The van der Waals surface area contributed by atoms with Crippen LogP contribution < -0.4 is 14.8 Å². The highest BCUT2D eigenvalue weighted by molar-refractivity contribution is 5.85. The fraction of sp³-hybridized carbons (Fsp3) is 0.500. The van der Waals surface area contributed by atoms with Crippen LogP contribution in [0.2, 0.25) is 0 Å². The van der Waals surface area contributed by atoms with E-state index in [1.807, 2.05) is 31.3 Å². The van der Waals surface area contributed by atoms with Crippen molar-refractivity contribution in [3.8, 4) is 11.5 Å². The third kappa shape index (κ3) is 2.83. The second-order valence-corrected chi connectivity index (χ2v) is 4.96. The Morgan fingerprint density at radius 3 is 2.80 bits per heavy atom. The molecule has 20 heavy (non-hydrogen) atoms. The van der Waals surface area contributed by atoms with E-state index in [2.05, 4.69) is 5.32 Å². The number of hydrogen-bond donors (Lipinski definition) is 1. The number of halogens is 1. The first-order chi connectivity index (χ1) is 9.25. The number of nitrogens with one attached hydrogen (secondary N) is 1. The first kappa shape index (κ1) is 14.9. The maximum Gasteiger partial charge on any atom is 0.267 e. The van der Waals surface area contributed by atoms with Gasteiger partial charge in [0.1, 0.15) is 6.61 Å². The number of amides is 1. The Morgan fingerprint density at radius 2 is 2.10 bits per heavy atom. The molecule has 2 unspecified atom stereocenters.